The van der Waals surface area contributed by atoms with Gasteiger partial charge in [0.1, 0.15) is 28.5 Å². The van der Waals surface area contributed by atoms with E-state index in [1.165, 1.54) is 4.68 Å². The Bertz CT molecular complexity index is 697. The molecular formula is C13H13FN4O. The van der Waals surface area contributed by atoms with Crippen LogP contribution >= 0.6 is 0 Å². The van der Waals surface area contributed by atoms with Crippen LogP contribution in [0.5, 0.6) is 0 Å². The zero-order chi connectivity index (χ0) is 13.6. The Morgan fingerprint density at radius 2 is 2.32 bits per heavy atom. The number of aryl methyl sites for hydroxylation is 1. The molecule has 0 aliphatic heterocycles. The third-order valence-electron chi connectivity index (χ3n) is 3.76. The minimum Gasteiger partial charge on any atom is -0.388 e. The number of fused-ring (bicyclic) bond motifs is 1. The van der Waals surface area contributed by atoms with E-state index in [-0.39, 0.29) is 12.1 Å². The average molecular weight is 260 g/mol. The largest absolute Gasteiger partial charge is 0.388 e. The quantitative estimate of drug-likeness (QED) is 0.891. The highest BCUT2D eigenvalue weighted by Crippen LogP contribution is 2.34. The van der Waals surface area contributed by atoms with Crippen LogP contribution in [0.25, 0.3) is 11.0 Å². The zero-order valence-corrected chi connectivity index (χ0v) is 10.5. The standard InChI is InChI=1S/C13H13FN4O/c1-8-5-10-12(9(6-15)11(8)14)18(17-16-10)7-13(19)3-2-4-13/h5,19H,2-4,7H2,1H3. The van der Waals surface area contributed by atoms with Gasteiger partial charge in [0.25, 0.3) is 0 Å². The monoisotopic (exact) mass is 260 g/mol. The summed E-state index contributed by atoms with van der Waals surface area (Å²) in [4.78, 5) is 0. The van der Waals surface area contributed by atoms with Crippen LogP contribution < -0.4 is 0 Å². The Kier molecular flexibility index (Phi) is 2.54. The predicted octanol–water partition coefficient (Wildman–Crippen LogP) is 1.67. The number of rotatable bonds is 2. The lowest BCUT2D eigenvalue weighted by molar-refractivity contribution is -0.0492. The van der Waals surface area contributed by atoms with Gasteiger partial charge in [-0.25, -0.2) is 9.07 Å². The molecule has 3 rings (SSSR count). The second-order valence-electron chi connectivity index (χ2n) is 5.19. The van der Waals surface area contributed by atoms with Gasteiger partial charge in [-0.1, -0.05) is 5.21 Å². The molecule has 0 atom stereocenters. The first-order chi connectivity index (χ1) is 9.04. The van der Waals surface area contributed by atoms with E-state index in [0.717, 1.165) is 6.42 Å². The van der Waals surface area contributed by atoms with E-state index in [9.17, 15) is 9.50 Å². The van der Waals surface area contributed by atoms with Crippen LogP contribution in [-0.4, -0.2) is 25.7 Å². The molecule has 98 valence electrons. The third kappa shape index (κ3) is 1.78. The molecule has 0 amide bonds. The summed E-state index contributed by atoms with van der Waals surface area (Å²) < 4.78 is 15.4. The number of hydrogen-bond donors (Lipinski definition) is 1. The van der Waals surface area contributed by atoms with E-state index in [0.29, 0.717) is 29.4 Å². The first kappa shape index (κ1) is 12.1. The third-order valence-corrected chi connectivity index (χ3v) is 3.76. The van der Waals surface area contributed by atoms with Gasteiger partial charge < -0.3 is 5.11 Å². The van der Waals surface area contributed by atoms with Crippen LogP contribution in [0.4, 0.5) is 4.39 Å². The van der Waals surface area contributed by atoms with Gasteiger partial charge in [-0.3, -0.25) is 0 Å². The van der Waals surface area contributed by atoms with E-state index in [4.69, 9.17) is 5.26 Å². The van der Waals surface area contributed by atoms with Gasteiger partial charge in [-0.05, 0) is 37.8 Å². The van der Waals surface area contributed by atoms with Gasteiger partial charge >= 0.3 is 0 Å². The Balaban J connectivity index is 2.16. The summed E-state index contributed by atoms with van der Waals surface area (Å²) in [5.74, 6) is -0.542. The molecule has 1 aromatic heterocycles. The molecule has 2 aromatic rings. The summed E-state index contributed by atoms with van der Waals surface area (Å²) in [5.41, 5.74) is 0.375. The van der Waals surface area contributed by atoms with E-state index in [1.54, 1.807) is 13.0 Å². The molecule has 1 fully saturated rings. The molecule has 1 aliphatic rings. The summed E-state index contributed by atoms with van der Waals surface area (Å²) in [6, 6.07) is 3.44. The van der Waals surface area contributed by atoms with Crippen LogP contribution in [0, 0.1) is 24.1 Å². The molecule has 1 saturated carbocycles. The van der Waals surface area contributed by atoms with E-state index in [2.05, 4.69) is 10.3 Å². The Labute approximate surface area is 109 Å². The first-order valence-corrected chi connectivity index (χ1v) is 6.19. The second kappa shape index (κ2) is 4.00. The zero-order valence-electron chi connectivity index (χ0n) is 10.5. The lowest BCUT2D eigenvalue weighted by atomic mass is 9.80. The van der Waals surface area contributed by atoms with Gasteiger partial charge in [0, 0.05) is 0 Å². The van der Waals surface area contributed by atoms with Crippen molar-refractivity contribution in [3.05, 3.63) is 23.0 Å². The molecule has 0 saturated heterocycles. The molecular weight excluding hydrogens is 247 g/mol. The molecule has 6 heteroatoms. The highest BCUT2D eigenvalue weighted by Gasteiger charge is 2.36. The van der Waals surface area contributed by atoms with Crippen molar-refractivity contribution in [1.29, 1.82) is 5.26 Å². The highest BCUT2D eigenvalue weighted by molar-refractivity contribution is 5.82. The fraction of sp³-hybridized carbons (Fsp3) is 0.462. The molecule has 1 N–H and O–H groups in total. The van der Waals surface area contributed by atoms with Crippen molar-refractivity contribution < 1.29 is 9.50 Å². The fourth-order valence-corrected chi connectivity index (χ4v) is 2.48. The SMILES string of the molecule is Cc1cc2nnn(CC3(O)CCC3)c2c(C#N)c1F. The molecule has 5 nitrogen and oxygen atoms in total. The molecule has 0 spiro atoms. The number of benzene rings is 1. The summed E-state index contributed by atoms with van der Waals surface area (Å²) >= 11 is 0. The van der Waals surface area contributed by atoms with Gasteiger partial charge in [0.2, 0.25) is 0 Å². The van der Waals surface area contributed by atoms with Gasteiger partial charge in [0.15, 0.2) is 0 Å². The van der Waals surface area contributed by atoms with Crippen molar-refractivity contribution in [2.45, 2.75) is 38.3 Å². The van der Waals surface area contributed by atoms with Crippen LogP contribution in [0.2, 0.25) is 0 Å². The maximum absolute atomic E-state index is 14.0. The minimum absolute atomic E-state index is 0.0528. The summed E-state index contributed by atoms with van der Waals surface area (Å²) in [6.07, 6.45) is 2.37. The number of nitrogens with zero attached hydrogens (tertiary/aromatic N) is 4. The van der Waals surface area contributed by atoms with Crippen LogP contribution in [0.1, 0.15) is 30.4 Å². The van der Waals surface area contributed by atoms with Crippen LogP contribution in [0.15, 0.2) is 6.07 Å². The number of hydrogen-bond acceptors (Lipinski definition) is 4. The van der Waals surface area contributed by atoms with Crippen molar-refractivity contribution >= 4 is 11.0 Å². The lowest BCUT2D eigenvalue weighted by Gasteiger charge is -2.36. The number of aliphatic hydroxyl groups is 1. The van der Waals surface area contributed by atoms with Crippen molar-refractivity contribution in [1.82, 2.24) is 15.0 Å². The minimum atomic E-state index is -0.797. The summed E-state index contributed by atoms with van der Waals surface area (Å²) in [7, 11) is 0. The van der Waals surface area contributed by atoms with E-state index < -0.39 is 11.4 Å². The van der Waals surface area contributed by atoms with Crippen molar-refractivity contribution in [3.63, 3.8) is 0 Å². The fourth-order valence-electron chi connectivity index (χ4n) is 2.48. The smallest absolute Gasteiger partial charge is 0.146 e. The molecule has 19 heavy (non-hydrogen) atoms. The van der Waals surface area contributed by atoms with E-state index >= 15 is 0 Å². The first-order valence-electron chi connectivity index (χ1n) is 6.19. The highest BCUT2D eigenvalue weighted by atomic mass is 19.1. The topological polar surface area (TPSA) is 74.7 Å². The molecule has 0 bridgehead atoms. The Morgan fingerprint density at radius 3 is 2.89 bits per heavy atom. The van der Waals surface area contributed by atoms with E-state index in [1.807, 2.05) is 6.07 Å². The van der Waals surface area contributed by atoms with Crippen molar-refractivity contribution in [2.75, 3.05) is 0 Å². The molecule has 1 aromatic carbocycles. The maximum atomic E-state index is 14.0. The second-order valence-corrected chi connectivity index (χ2v) is 5.19. The predicted molar refractivity (Wildman–Crippen MR) is 65.7 cm³/mol. The van der Waals surface area contributed by atoms with Gasteiger partial charge in [-0.15, -0.1) is 5.10 Å². The number of nitriles is 1. The van der Waals surface area contributed by atoms with Crippen molar-refractivity contribution in [2.24, 2.45) is 0 Å². The number of halogens is 1. The summed E-state index contributed by atoms with van der Waals surface area (Å²) in [5, 5.41) is 27.2. The molecule has 1 heterocycles. The van der Waals surface area contributed by atoms with Gasteiger partial charge in [0.05, 0.1) is 12.1 Å². The molecule has 0 unspecified atom stereocenters. The van der Waals surface area contributed by atoms with Crippen molar-refractivity contribution in [3.8, 4) is 6.07 Å². The Morgan fingerprint density at radius 1 is 1.58 bits per heavy atom. The summed E-state index contributed by atoms with van der Waals surface area (Å²) in [6.45, 7) is 1.84. The average Bonchev–Trinajstić information content (AvgIpc) is 2.72. The lowest BCUT2D eigenvalue weighted by Crippen LogP contribution is -2.41. The maximum Gasteiger partial charge on any atom is 0.146 e. The van der Waals surface area contributed by atoms with Gasteiger partial charge in [-0.2, -0.15) is 5.26 Å². The number of aromatic nitrogens is 3. The van der Waals surface area contributed by atoms with Crippen LogP contribution in [-0.2, 0) is 6.54 Å². The normalized spacial score (nSPS) is 17.2. The molecule has 0 radical (unpaired) electrons. The molecule has 1 aliphatic carbocycles. The van der Waals surface area contributed by atoms with Crippen LogP contribution in [0.3, 0.4) is 0 Å². The Hall–Kier alpha value is -2.00.